The summed E-state index contributed by atoms with van der Waals surface area (Å²) in [6.07, 6.45) is 1.37. The van der Waals surface area contributed by atoms with Gasteiger partial charge in [0.15, 0.2) is 9.84 Å². The topological polar surface area (TPSA) is 69.7 Å². The molecule has 0 aliphatic carbocycles. The zero-order valence-electron chi connectivity index (χ0n) is 20.3. The number of nitrogens with zero attached hydrogens (tertiary/aromatic N) is 2. The molecule has 2 heterocycles. The first-order valence-electron chi connectivity index (χ1n) is 12.4. The lowest BCUT2D eigenvalue weighted by Crippen LogP contribution is -2.49. The molecule has 0 bridgehead atoms. The van der Waals surface area contributed by atoms with Gasteiger partial charge in [-0.3, -0.25) is 9.69 Å². The van der Waals surface area contributed by atoms with Crippen molar-refractivity contribution in [2.45, 2.75) is 29.2 Å². The zero-order valence-corrected chi connectivity index (χ0v) is 21.1. The van der Waals surface area contributed by atoms with E-state index in [4.69, 9.17) is 0 Å². The third-order valence-corrected chi connectivity index (χ3v) is 9.20. The molecule has 194 valence electrons. The molecular formula is C28H29F2N3O3S. The van der Waals surface area contributed by atoms with Gasteiger partial charge in [0.05, 0.1) is 10.9 Å². The number of halogens is 2. The van der Waals surface area contributed by atoms with E-state index in [0.29, 0.717) is 44.7 Å². The summed E-state index contributed by atoms with van der Waals surface area (Å²) < 4.78 is 53.1. The van der Waals surface area contributed by atoms with Gasteiger partial charge in [0.2, 0.25) is 0 Å². The standard InChI is InChI=1S/C28H29F2N3O3S/c29-23-10-6-20(7-11-23)27(21-8-12-24(30)13-9-21)32-15-17-33(18-16-32)28(34)22-3-1-4-25(19-22)37(35,36)26-5-2-14-31-26/h1,3-4,6-13,19,26-27,31H,2,5,14-18H2/t26-/m1/s1. The molecule has 0 unspecified atom stereocenters. The van der Waals surface area contributed by atoms with Crippen molar-refractivity contribution in [3.8, 4) is 0 Å². The van der Waals surface area contributed by atoms with Crippen LogP contribution in [-0.4, -0.2) is 62.2 Å². The molecule has 2 aliphatic rings. The number of hydrogen-bond donors (Lipinski definition) is 1. The average Bonchev–Trinajstić information content (AvgIpc) is 3.47. The molecule has 0 radical (unpaired) electrons. The van der Waals surface area contributed by atoms with Gasteiger partial charge in [-0.15, -0.1) is 0 Å². The van der Waals surface area contributed by atoms with E-state index >= 15 is 0 Å². The number of amides is 1. The normalized spacial score (nSPS) is 18.9. The third kappa shape index (κ3) is 5.44. The quantitative estimate of drug-likeness (QED) is 0.527. The molecule has 1 amide bonds. The Labute approximate surface area is 215 Å². The van der Waals surface area contributed by atoms with Gasteiger partial charge in [-0.2, -0.15) is 0 Å². The summed E-state index contributed by atoms with van der Waals surface area (Å²) in [5.74, 6) is -0.869. The Bertz CT molecular complexity index is 1300. The smallest absolute Gasteiger partial charge is 0.253 e. The highest BCUT2D eigenvalue weighted by Gasteiger charge is 2.32. The number of hydrogen-bond acceptors (Lipinski definition) is 5. The first-order chi connectivity index (χ1) is 17.8. The molecule has 2 saturated heterocycles. The Balaban J connectivity index is 1.32. The Morgan fingerprint density at radius 1 is 0.865 bits per heavy atom. The van der Waals surface area contributed by atoms with Gasteiger partial charge in [0, 0.05) is 31.7 Å². The van der Waals surface area contributed by atoms with Crippen LogP contribution in [0.2, 0.25) is 0 Å². The summed E-state index contributed by atoms with van der Waals surface area (Å²) in [7, 11) is -3.56. The first kappa shape index (κ1) is 25.5. The highest BCUT2D eigenvalue weighted by Crippen LogP contribution is 2.30. The van der Waals surface area contributed by atoms with Crippen LogP contribution in [0.4, 0.5) is 8.78 Å². The molecule has 5 rings (SSSR count). The maximum absolute atomic E-state index is 13.6. The lowest BCUT2D eigenvalue weighted by Gasteiger charge is -2.40. The van der Waals surface area contributed by atoms with Gasteiger partial charge >= 0.3 is 0 Å². The SMILES string of the molecule is O=C(c1cccc(S(=O)(=O)[C@@H]2CCCN2)c1)N1CCN(C(c2ccc(F)cc2)c2ccc(F)cc2)CC1. The van der Waals surface area contributed by atoms with E-state index in [1.807, 2.05) is 0 Å². The van der Waals surface area contributed by atoms with Gasteiger partial charge in [-0.05, 0) is 73.0 Å². The molecule has 9 heteroatoms. The minimum atomic E-state index is -3.56. The fourth-order valence-electron chi connectivity index (χ4n) is 5.16. The van der Waals surface area contributed by atoms with E-state index in [9.17, 15) is 22.0 Å². The van der Waals surface area contributed by atoms with Crippen molar-refractivity contribution < 1.29 is 22.0 Å². The van der Waals surface area contributed by atoms with Crippen molar-refractivity contribution in [3.05, 3.63) is 101 Å². The largest absolute Gasteiger partial charge is 0.336 e. The van der Waals surface area contributed by atoms with E-state index in [1.165, 1.54) is 30.3 Å². The van der Waals surface area contributed by atoms with E-state index in [-0.39, 0.29) is 28.5 Å². The van der Waals surface area contributed by atoms with Crippen LogP contribution in [-0.2, 0) is 9.84 Å². The van der Waals surface area contributed by atoms with E-state index in [2.05, 4.69) is 10.2 Å². The summed E-state index contributed by atoms with van der Waals surface area (Å²) >= 11 is 0. The van der Waals surface area contributed by atoms with Crippen LogP contribution in [0.3, 0.4) is 0 Å². The zero-order chi connectivity index (χ0) is 26.0. The fourth-order valence-corrected chi connectivity index (χ4v) is 6.86. The minimum absolute atomic E-state index is 0.157. The number of nitrogens with one attached hydrogen (secondary N) is 1. The van der Waals surface area contributed by atoms with Crippen molar-refractivity contribution in [2.24, 2.45) is 0 Å². The summed E-state index contributed by atoms with van der Waals surface area (Å²) in [5.41, 5.74) is 2.11. The van der Waals surface area contributed by atoms with Gasteiger partial charge in [0.1, 0.15) is 17.0 Å². The van der Waals surface area contributed by atoms with Gasteiger partial charge in [-0.1, -0.05) is 30.3 Å². The molecule has 0 saturated carbocycles. The summed E-state index contributed by atoms with van der Waals surface area (Å²) in [6, 6.07) is 18.6. The average molecular weight is 526 g/mol. The molecule has 3 aromatic carbocycles. The minimum Gasteiger partial charge on any atom is -0.336 e. The highest BCUT2D eigenvalue weighted by molar-refractivity contribution is 7.92. The van der Waals surface area contributed by atoms with Gasteiger partial charge < -0.3 is 10.2 Å². The Hall–Kier alpha value is -3.14. The second-order valence-electron chi connectivity index (χ2n) is 9.49. The number of carbonyl (C=O) groups is 1. The van der Waals surface area contributed by atoms with Crippen LogP contribution in [0.25, 0.3) is 0 Å². The van der Waals surface area contributed by atoms with Gasteiger partial charge in [0.25, 0.3) is 5.91 Å². The molecule has 3 aromatic rings. The molecule has 1 N–H and O–H groups in total. The van der Waals surface area contributed by atoms with Crippen LogP contribution in [0, 0.1) is 11.6 Å². The summed E-state index contributed by atoms with van der Waals surface area (Å²) in [5, 5.41) is 2.41. The van der Waals surface area contributed by atoms with E-state index < -0.39 is 15.2 Å². The third-order valence-electron chi connectivity index (χ3n) is 7.14. The van der Waals surface area contributed by atoms with Crippen molar-refractivity contribution in [1.29, 1.82) is 0 Å². The maximum atomic E-state index is 13.6. The van der Waals surface area contributed by atoms with Gasteiger partial charge in [-0.25, -0.2) is 17.2 Å². The Morgan fingerprint density at radius 3 is 2.00 bits per heavy atom. The second-order valence-corrected chi connectivity index (χ2v) is 11.6. The Morgan fingerprint density at radius 2 is 1.46 bits per heavy atom. The highest BCUT2D eigenvalue weighted by atomic mass is 32.2. The van der Waals surface area contributed by atoms with Crippen LogP contribution in [0.5, 0.6) is 0 Å². The number of rotatable bonds is 6. The predicted octanol–water partition coefficient (Wildman–Crippen LogP) is 4.00. The molecule has 37 heavy (non-hydrogen) atoms. The first-order valence-corrected chi connectivity index (χ1v) is 14.0. The fraction of sp³-hybridized carbons (Fsp3) is 0.321. The number of sulfone groups is 1. The monoisotopic (exact) mass is 525 g/mol. The predicted molar refractivity (Wildman–Crippen MR) is 137 cm³/mol. The van der Waals surface area contributed by atoms with Crippen LogP contribution >= 0.6 is 0 Å². The summed E-state index contributed by atoms with van der Waals surface area (Å²) in [4.78, 5) is 17.4. The van der Waals surface area contributed by atoms with Crippen molar-refractivity contribution in [3.63, 3.8) is 0 Å². The lowest BCUT2D eigenvalue weighted by atomic mass is 9.96. The second kappa shape index (κ2) is 10.7. The Kier molecular flexibility index (Phi) is 7.37. The molecule has 2 aliphatic heterocycles. The lowest BCUT2D eigenvalue weighted by molar-refractivity contribution is 0.0597. The van der Waals surface area contributed by atoms with Crippen molar-refractivity contribution >= 4 is 15.7 Å². The molecular weight excluding hydrogens is 496 g/mol. The molecule has 0 aromatic heterocycles. The summed E-state index contributed by atoms with van der Waals surface area (Å²) in [6.45, 7) is 2.66. The van der Waals surface area contributed by atoms with Crippen LogP contribution < -0.4 is 5.32 Å². The van der Waals surface area contributed by atoms with Crippen LogP contribution in [0.1, 0.15) is 40.4 Å². The number of piperazine rings is 1. The van der Waals surface area contributed by atoms with Crippen molar-refractivity contribution in [1.82, 2.24) is 15.1 Å². The molecule has 1 atom stereocenters. The molecule has 0 spiro atoms. The van der Waals surface area contributed by atoms with Crippen LogP contribution in [0.15, 0.2) is 77.7 Å². The maximum Gasteiger partial charge on any atom is 0.253 e. The number of benzene rings is 3. The number of carbonyl (C=O) groups excluding carboxylic acids is 1. The van der Waals surface area contributed by atoms with Crippen molar-refractivity contribution in [2.75, 3.05) is 32.7 Å². The molecule has 6 nitrogen and oxygen atoms in total. The van der Waals surface area contributed by atoms with E-state index in [1.54, 1.807) is 47.4 Å². The van der Waals surface area contributed by atoms with E-state index in [0.717, 1.165) is 17.5 Å². The molecule has 2 fully saturated rings.